The summed E-state index contributed by atoms with van der Waals surface area (Å²) in [5.74, 6) is -1.31. The van der Waals surface area contributed by atoms with Gasteiger partial charge in [-0.2, -0.15) is 13.2 Å². The molecule has 5 nitrogen and oxygen atoms in total. The molecule has 1 aliphatic rings. The second-order valence-electron chi connectivity index (χ2n) is 6.27. The molecule has 1 aliphatic heterocycles. The highest BCUT2D eigenvalue weighted by Crippen LogP contribution is 2.34. The topological polar surface area (TPSA) is 69.6 Å². The van der Waals surface area contributed by atoms with Gasteiger partial charge in [-0.1, -0.05) is 24.3 Å². The summed E-state index contributed by atoms with van der Waals surface area (Å²) in [5.41, 5.74) is 0.330. The number of halogens is 3. The lowest BCUT2D eigenvalue weighted by atomic mass is 10.1. The molecular formula is C20H17F3N2O3. The number of rotatable bonds is 3. The Morgan fingerprint density at radius 3 is 2.39 bits per heavy atom. The number of carbonyl (C=O) groups excluding carboxylic acids is 2. The number of anilines is 1. The summed E-state index contributed by atoms with van der Waals surface area (Å²) in [6.45, 7) is 0.00227. The van der Waals surface area contributed by atoms with Gasteiger partial charge in [-0.3, -0.25) is 9.59 Å². The third kappa shape index (κ3) is 3.71. The summed E-state index contributed by atoms with van der Waals surface area (Å²) in [4.78, 5) is 26.2. The third-order valence-corrected chi connectivity index (χ3v) is 4.49. The summed E-state index contributed by atoms with van der Waals surface area (Å²) < 4.78 is 38.3. The average Bonchev–Trinajstić information content (AvgIpc) is 2.78. The standard InChI is InChI=1S/C20H17F3N2O3/c1-24-19(28)15-10-17(26)25(16-5-3-2-4-14(16)18(15)27)11-12-6-8-13(9-7-12)20(21,22)23/h2-9,27H,10-11H2,1H3,(H,24,28). The Morgan fingerprint density at radius 2 is 1.79 bits per heavy atom. The molecule has 0 saturated carbocycles. The largest absolute Gasteiger partial charge is 0.507 e. The van der Waals surface area contributed by atoms with Gasteiger partial charge in [0, 0.05) is 12.6 Å². The molecule has 0 bridgehead atoms. The number of nitrogens with one attached hydrogen (secondary N) is 1. The van der Waals surface area contributed by atoms with Crippen molar-refractivity contribution in [2.75, 3.05) is 11.9 Å². The van der Waals surface area contributed by atoms with E-state index >= 15 is 0 Å². The zero-order valence-corrected chi connectivity index (χ0v) is 14.9. The summed E-state index contributed by atoms with van der Waals surface area (Å²) in [6, 6.07) is 11.0. The Morgan fingerprint density at radius 1 is 1.14 bits per heavy atom. The van der Waals surface area contributed by atoms with Crippen molar-refractivity contribution in [2.24, 2.45) is 0 Å². The van der Waals surface area contributed by atoms with Crippen LogP contribution in [0, 0.1) is 0 Å². The molecule has 0 spiro atoms. The molecule has 3 rings (SSSR count). The van der Waals surface area contributed by atoms with Crippen LogP contribution in [-0.2, 0) is 22.3 Å². The molecule has 2 N–H and O–H groups in total. The predicted octanol–water partition coefficient (Wildman–Crippen LogP) is 3.66. The molecule has 0 saturated heterocycles. The van der Waals surface area contributed by atoms with E-state index in [2.05, 4.69) is 5.32 Å². The van der Waals surface area contributed by atoms with Crippen molar-refractivity contribution < 1.29 is 27.9 Å². The van der Waals surface area contributed by atoms with E-state index in [9.17, 15) is 27.9 Å². The quantitative estimate of drug-likeness (QED) is 0.841. The van der Waals surface area contributed by atoms with Crippen molar-refractivity contribution in [2.45, 2.75) is 19.1 Å². The van der Waals surface area contributed by atoms with Gasteiger partial charge in [-0.15, -0.1) is 0 Å². The summed E-state index contributed by atoms with van der Waals surface area (Å²) in [5, 5.41) is 12.9. The number of amides is 2. The van der Waals surface area contributed by atoms with Gasteiger partial charge in [0.2, 0.25) is 5.91 Å². The first-order valence-corrected chi connectivity index (χ1v) is 8.42. The predicted molar refractivity (Wildman–Crippen MR) is 97.3 cm³/mol. The van der Waals surface area contributed by atoms with E-state index in [-0.39, 0.29) is 24.3 Å². The number of carbonyl (C=O) groups is 2. The molecule has 8 heteroatoms. The Balaban J connectivity index is 1.98. The molecule has 2 amide bonds. The average molecular weight is 390 g/mol. The highest BCUT2D eigenvalue weighted by Gasteiger charge is 2.32. The third-order valence-electron chi connectivity index (χ3n) is 4.49. The second kappa shape index (κ2) is 7.38. The zero-order valence-electron chi connectivity index (χ0n) is 14.9. The molecule has 0 radical (unpaired) electrons. The number of nitrogens with zero attached hydrogens (tertiary/aromatic N) is 1. The molecule has 1 heterocycles. The van der Waals surface area contributed by atoms with Gasteiger partial charge in [0.25, 0.3) is 5.91 Å². The lowest BCUT2D eigenvalue weighted by Gasteiger charge is -2.23. The molecule has 0 unspecified atom stereocenters. The number of alkyl halides is 3. The van der Waals surface area contributed by atoms with Gasteiger partial charge >= 0.3 is 6.18 Å². The van der Waals surface area contributed by atoms with Crippen LogP contribution in [0.2, 0.25) is 0 Å². The number of hydrogen-bond donors (Lipinski definition) is 2. The fraction of sp³-hybridized carbons (Fsp3) is 0.200. The van der Waals surface area contributed by atoms with Crippen LogP contribution in [0.1, 0.15) is 23.1 Å². The van der Waals surface area contributed by atoms with E-state index in [4.69, 9.17) is 0 Å². The van der Waals surface area contributed by atoms with E-state index in [1.807, 2.05) is 0 Å². The molecule has 146 valence electrons. The number of fused-ring (bicyclic) bond motifs is 1. The van der Waals surface area contributed by atoms with E-state index < -0.39 is 23.6 Å². The lowest BCUT2D eigenvalue weighted by Crippen LogP contribution is -2.31. The Bertz CT molecular complexity index is 950. The van der Waals surface area contributed by atoms with Gasteiger partial charge in [0.05, 0.1) is 29.8 Å². The van der Waals surface area contributed by atoms with E-state index in [0.717, 1.165) is 12.1 Å². The second-order valence-corrected chi connectivity index (χ2v) is 6.27. The Hall–Kier alpha value is -3.29. The smallest absolute Gasteiger partial charge is 0.416 e. The highest BCUT2D eigenvalue weighted by molar-refractivity contribution is 6.10. The minimum absolute atomic E-state index is 0.00227. The van der Waals surface area contributed by atoms with Crippen LogP contribution in [0.4, 0.5) is 18.9 Å². The zero-order chi connectivity index (χ0) is 20.5. The first-order valence-electron chi connectivity index (χ1n) is 8.42. The Labute approximate surface area is 159 Å². The van der Waals surface area contributed by atoms with Crippen molar-refractivity contribution in [3.63, 3.8) is 0 Å². The number of benzene rings is 2. The molecular weight excluding hydrogens is 373 g/mol. The molecule has 0 aliphatic carbocycles. The van der Waals surface area contributed by atoms with Crippen molar-refractivity contribution in [1.82, 2.24) is 5.32 Å². The number of aliphatic hydroxyl groups is 1. The first kappa shape index (κ1) is 19.5. The fourth-order valence-electron chi connectivity index (χ4n) is 3.03. The van der Waals surface area contributed by atoms with Crippen molar-refractivity contribution in [1.29, 1.82) is 0 Å². The van der Waals surface area contributed by atoms with Gasteiger partial charge in [0.1, 0.15) is 5.76 Å². The highest BCUT2D eigenvalue weighted by atomic mass is 19.4. The maximum absolute atomic E-state index is 12.8. The van der Waals surface area contributed by atoms with Crippen LogP contribution in [-0.4, -0.2) is 24.0 Å². The van der Waals surface area contributed by atoms with Gasteiger partial charge < -0.3 is 15.3 Å². The number of likely N-dealkylation sites (N-methyl/N-ethyl adjacent to an activating group) is 1. The Kier molecular flexibility index (Phi) is 5.13. The van der Waals surface area contributed by atoms with Crippen LogP contribution < -0.4 is 10.2 Å². The van der Waals surface area contributed by atoms with Gasteiger partial charge in [-0.05, 0) is 29.8 Å². The number of para-hydroxylation sites is 1. The monoisotopic (exact) mass is 390 g/mol. The molecule has 2 aromatic carbocycles. The molecule has 28 heavy (non-hydrogen) atoms. The number of aliphatic hydroxyl groups excluding tert-OH is 1. The molecule has 2 aromatic rings. The summed E-state index contributed by atoms with van der Waals surface area (Å²) in [7, 11) is 1.39. The number of hydrogen-bond acceptors (Lipinski definition) is 3. The van der Waals surface area contributed by atoms with Crippen molar-refractivity contribution >= 4 is 23.3 Å². The summed E-state index contributed by atoms with van der Waals surface area (Å²) >= 11 is 0. The van der Waals surface area contributed by atoms with E-state index in [1.165, 1.54) is 24.1 Å². The minimum atomic E-state index is -4.44. The van der Waals surface area contributed by atoms with Crippen LogP contribution in [0.3, 0.4) is 0 Å². The maximum Gasteiger partial charge on any atom is 0.416 e. The molecule has 0 fully saturated rings. The minimum Gasteiger partial charge on any atom is -0.507 e. The van der Waals surface area contributed by atoms with E-state index in [0.29, 0.717) is 16.8 Å². The SMILES string of the molecule is CNC(=O)C1=C(O)c2ccccc2N(Cc2ccc(C(F)(F)F)cc2)C(=O)C1. The fourth-order valence-corrected chi connectivity index (χ4v) is 3.03. The van der Waals surface area contributed by atoms with Crippen LogP contribution in [0.25, 0.3) is 5.76 Å². The van der Waals surface area contributed by atoms with Gasteiger partial charge in [-0.25, -0.2) is 0 Å². The lowest BCUT2D eigenvalue weighted by molar-refractivity contribution is -0.137. The van der Waals surface area contributed by atoms with Crippen molar-refractivity contribution in [3.05, 3.63) is 70.8 Å². The van der Waals surface area contributed by atoms with E-state index in [1.54, 1.807) is 24.3 Å². The van der Waals surface area contributed by atoms with Crippen LogP contribution in [0.15, 0.2) is 54.1 Å². The van der Waals surface area contributed by atoms with Gasteiger partial charge in [0.15, 0.2) is 0 Å². The summed E-state index contributed by atoms with van der Waals surface area (Å²) in [6.07, 6.45) is -4.78. The van der Waals surface area contributed by atoms with Crippen molar-refractivity contribution in [3.8, 4) is 0 Å². The van der Waals surface area contributed by atoms with Crippen LogP contribution in [0.5, 0.6) is 0 Å². The molecule has 0 atom stereocenters. The van der Waals surface area contributed by atoms with Crippen LogP contribution >= 0.6 is 0 Å². The normalized spacial score (nSPS) is 14.6. The molecule has 0 aromatic heterocycles. The maximum atomic E-state index is 12.8. The first-order chi connectivity index (χ1) is 13.2.